The van der Waals surface area contributed by atoms with Crippen LogP contribution < -0.4 is 15.4 Å². The van der Waals surface area contributed by atoms with E-state index in [9.17, 15) is 26.4 Å². The van der Waals surface area contributed by atoms with E-state index >= 15 is 0 Å². The maximum Gasteiger partial charge on any atom is 0.511 e. The molecule has 0 unspecified atom stereocenters. The number of alkyl halides is 3. The first-order valence-electron chi connectivity index (χ1n) is 11.4. The van der Waals surface area contributed by atoms with E-state index in [0.717, 1.165) is 6.42 Å². The molecule has 6 nitrogen and oxygen atoms in total. The highest BCUT2D eigenvalue weighted by atomic mass is 32.2. The monoisotopic (exact) mass is 495 g/mol. The smallest absolute Gasteiger partial charge is 0.343 e. The Bertz CT molecular complexity index is 1110. The maximum atomic E-state index is 13.7. The number of hydrogen-bond donors (Lipinski definition) is 3. The fourth-order valence-corrected chi connectivity index (χ4v) is 6.33. The van der Waals surface area contributed by atoms with Crippen LogP contribution in [-0.2, 0) is 25.9 Å². The third-order valence-electron chi connectivity index (χ3n) is 6.94. The van der Waals surface area contributed by atoms with Gasteiger partial charge in [0.15, 0.2) is 0 Å². The highest BCUT2D eigenvalue weighted by Crippen LogP contribution is 2.52. The zero-order valence-corrected chi connectivity index (χ0v) is 19.4. The standard InChI is InChI=1S/C24H28F3N3O3S/c25-24(26,27)34(32,33)30-23(19-12-5-2-6-13-19)16-8-7-15-22(23,18-10-3-1-4-11-18)29-21(31)20-14-9-17-28-20/h1-6,10-13,20,28,30H,7-9,14-17H2,(H,29,31)/t20-,22+,23+/m0/s1. The Morgan fingerprint density at radius 3 is 1.91 bits per heavy atom. The molecular formula is C24H28F3N3O3S. The van der Waals surface area contributed by atoms with E-state index in [1.54, 1.807) is 60.7 Å². The second-order valence-electron chi connectivity index (χ2n) is 8.94. The van der Waals surface area contributed by atoms with Crippen LogP contribution in [0.3, 0.4) is 0 Å². The van der Waals surface area contributed by atoms with Gasteiger partial charge in [0.25, 0.3) is 0 Å². The molecule has 1 aliphatic heterocycles. The van der Waals surface area contributed by atoms with Crippen molar-refractivity contribution in [3.8, 4) is 0 Å². The maximum absolute atomic E-state index is 13.7. The van der Waals surface area contributed by atoms with E-state index in [2.05, 4.69) is 15.4 Å². The zero-order chi connectivity index (χ0) is 24.5. The molecule has 184 valence electrons. The minimum absolute atomic E-state index is 0.0829. The third kappa shape index (κ3) is 4.34. The molecule has 0 bridgehead atoms. The minimum Gasteiger partial charge on any atom is -0.343 e. The summed E-state index contributed by atoms with van der Waals surface area (Å²) in [5, 5.41) is 6.18. The highest BCUT2D eigenvalue weighted by molar-refractivity contribution is 7.90. The molecule has 0 spiro atoms. The Hall–Kier alpha value is -2.43. The Morgan fingerprint density at radius 1 is 0.882 bits per heavy atom. The third-order valence-corrected chi connectivity index (χ3v) is 8.17. The molecule has 1 aliphatic carbocycles. The van der Waals surface area contributed by atoms with Gasteiger partial charge >= 0.3 is 15.5 Å². The van der Waals surface area contributed by atoms with Gasteiger partial charge in [0, 0.05) is 0 Å². The van der Waals surface area contributed by atoms with Crippen molar-refractivity contribution in [3.05, 3.63) is 71.8 Å². The summed E-state index contributed by atoms with van der Waals surface area (Å²) in [5.41, 5.74) is -7.78. The molecule has 10 heteroatoms. The van der Waals surface area contributed by atoms with Gasteiger partial charge in [-0.25, -0.2) is 8.42 Å². The SMILES string of the molecule is O=C(N[C@@]1(c2ccccc2)CCCC[C@@]1(NS(=O)(=O)C(F)(F)F)c1ccccc1)[C@@H]1CCCN1. The number of amides is 1. The molecule has 34 heavy (non-hydrogen) atoms. The van der Waals surface area contributed by atoms with Gasteiger partial charge in [0.1, 0.15) is 0 Å². The van der Waals surface area contributed by atoms with Gasteiger partial charge in [-0.05, 0) is 43.4 Å². The number of benzene rings is 2. The summed E-state index contributed by atoms with van der Waals surface area (Å²) in [7, 11) is -5.75. The summed E-state index contributed by atoms with van der Waals surface area (Å²) in [6.45, 7) is 0.668. The quantitative estimate of drug-likeness (QED) is 0.571. The number of hydrogen-bond acceptors (Lipinski definition) is 4. The van der Waals surface area contributed by atoms with Crippen molar-refractivity contribution in [2.45, 2.75) is 61.2 Å². The fraction of sp³-hybridized carbons (Fsp3) is 0.458. The molecule has 1 heterocycles. The Kier molecular flexibility index (Phi) is 6.76. The van der Waals surface area contributed by atoms with Gasteiger partial charge in [-0.3, -0.25) is 4.79 Å². The van der Waals surface area contributed by atoms with Crippen LogP contribution >= 0.6 is 0 Å². The molecule has 3 N–H and O–H groups in total. The van der Waals surface area contributed by atoms with Crippen LogP contribution in [0.1, 0.15) is 49.7 Å². The van der Waals surface area contributed by atoms with Crippen molar-refractivity contribution in [1.82, 2.24) is 15.4 Å². The molecule has 0 radical (unpaired) electrons. The van der Waals surface area contributed by atoms with Gasteiger partial charge in [-0.15, -0.1) is 0 Å². The average molecular weight is 496 g/mol. The lowest BCUT2D eigenvalue weighted by Gasteiger charge is -2.55. The first kappa shape index (κ1) is 24.7. The molecular weight excluding hydrogens is 467 g/mol. The van der Waals surface area contributed by atoms with Crippen LogP contribution in [0, 0.1) is 0 Å². The van der Waals surface area contributed by atoms with Crippen LogP contribution in [0.25, 0.3) is 0 Å². The van der Waals surface area contributed by atoms with Crippen LogP contribution in [0.4, 0.5) is 13.2 Å². The second kappa shape index (κ2) is 9.31. The fourth-order valence-electron chi connectivity index (χ4n) is 5.37. The van der Waals surface area contributed by atoms with Crippen molar-refractivity contribution in [2.75, 3.05) is 6.54 Å². The van der Waals surface area contributed by atoms with Crippen molar-refractivity contribution in [3.63, 3.8) is 0 Å². The molecule has 2 fully saturated rings. The highest BCUT2D eigenvalue weighted by Gasteiger charge is 2.61. The summed E-state index contributed by atoms with van der Waals surface area (Å²) in [4.78, 5) is 13.4. The summed E-state index contributed by atoms with van der Waals surface area (Å²) < 4.78 is 68.3. The van der Waals surface area contributed by atoms with E-state index < -0.39 is 32.7 Å². The normalized spacial score (nSPS) is 27.9. The Labute approximate surface area is 197 Å². The largest absolute Gasteiger partial charge is 0.511 e. The lowest BCUT2D eigenvalue weighted by molar-refractivity contribution is -0.127. The van der Waals surface area contributed by atoms with Gasteiger partial charge in [-0.2, -0.15) is 17.9 Å². The number of sulfonamides is 1. The van der Waals surface area contributed by atoms with E-state index in [0.29, 0.717) is 36.9 Å². The van der Waals surface area contributed by atoms with Crippen LogP contribution in [0.2, 0.25) is 0 Å². The van der Waals surface area contributed by atoms with Gasteiger partial charge < -0.3 is 10.6 Å². The first-order valence-corrected chi connectivity index (χ1v) is 12.9. The summed E-state index contributed by atoms with van der Waals surface area (Å²) in [5.74, 6) is -0.352. The molecule has 1 saturated heterocycles. The lowest BCUT2D eigenvalue weighted by atomic mass is 9.61. The topological polar surface area (TPSA) is 87.3 Å². The molecule has 1 amide bonds. The number of carbonyl (C=O) groups excluding carboxylic acids is 1. The molecule has 2 aromatic carbocycles. The summed E-state index contributed by atoms with van der Waals surface area (Å²) in [6, 6.07) is 16.5. The predicted octanol–water partition coefficient (Wildman–Crippen LogP) is 3.66. The van der Waals surface area contributed by atoms with E-state index in [4.69, 9.17) is 0 Å². The number of rotatable bonds is 6. The van der Waals surface area contributed by atoms with Crippen molar-refractivity contribution < 1.29 is 26.4 Å². The molecule has 2 aromatic rings. The molecule has 0 aromatic heterocycles. The van der Waals surface area contributed by atoms with Gasteiger partial charge in [0.2, 0.25) is 5.91 Å². The molecule has 1 saturated carbocycles. The molecule has 4 rings (SSSR count). The van der Waals surface area contributed by atoms with Gasteiger partial charge in [-0.1, -0.05) is 73.5 Å². The van der Waals surface area contributed by atoms with E-state index in [1.807, 2.05) is 0 Å². The average Bonchev–Trinajstić information content (AvgIpc) is 3.36. The van der Waals surface area contributed by atoms with E-state index in [1.165, 1.54) is 0 Å². The van der Waals surface area contributed by atoms with Crippen LogP contribution in [0.15, 0.2) is 60.7 Å². The Morgan fingerprint density at radius 2 is 1.41 bits per heavy atom. The summed E-state index contributed by atoms with van der Waals surface area (Å²) in [6.07, 6.45) is 2.85. The number of carbonyl (C=O) groups is 1. The predicted molar refractivity (Wildman–Crippen MR) is 122 cm³/mol. The summed E-state index contributed by atoms with van der Waals surface area (Å²) >= 11 is 0. The minimum atomic E-state index is -5.75. The van der Waals surface area contributed by atoms with E-state index in [-0.39, 0.29) is 18.7 Å². The van der Waals surface area contributed by atoms with Crippen molar-refractivity contribution in [2.24, 2.45) is 0 Å². The van der Waals surface area contributed by atoms with Crippen molar-refractivity contribution >= 4 is 15.9 Å². The second-order valence-corrected chi connectivity index (χ2v) is 10.6. The van der Waals surface area contributed by atoms with Crippen LogP contribution in [-0.4, -0.2) is 32.4 Å². The van der Waals surface area contributed by atoms with Gasteiger partial charge in [0.05, 0.1) is 17.1 Å². The number of nitrogens with one attached hydrogen (secondary N) is 3. The lowest BCUT2D eigenvalue weighted by Crippen LogP contribution is -2.70. The first-order chi connectivity index (χ1) is 16.1. The molecule has 2 aliphatic rings. The zero-order valence-electron chi connectivity index (χ0n) is 18.6. The van der Waals surface area contributed by atoms with Crippen molar-refractivity contribution in [1.29, 1.82) is 0 Å². The van der Waals surface area contributed by atoms with Crippen LogP contribution in [0.5, 0.6) is 0 Å². The number of halogens is 3. The Balaban J connectivity index is 1.96. The molecule has 3 atom stereocenters.